The summed E-state index contributed by atoms with van der Waals surface area (Å²) < 4.78 is 0.732. The molecule has 104 valence electrons. The van der Waals surface area contributed by atoms with E-state index in [2.05, 4.69) is 26.2 Å². The second kappa shape index (κ2) is 6.15. The number of rotatable bonds is 4. The van der Waals surface area contributed by atoms with Crippen LogP contribution in [0.3, 0.4) is 0 Å². The van der Waals surface area contributed by atoms with Crippen LogP contribution in [0.4, 0.5) is 0 Å². The minimum Gasteiger partial charge on any atom is -0.394 e. The highest BCUT2D eigenvalue weighted by Gasteiger charge is 2.28. The summed E-state index contributed by atoms with van der Waals surface area (Å²) in [6, 6.07) is 11.1. The van der Waals surface area contributed by atoms with Gasteiger partial charge in [-0.25, -0.2) is 0 Å². The number of nitrogens with zero attached hydrogens (tertiary/aromatic N) is 1. The number of amides is 1. The zero-order chi connectivity index (χ0) is 14.6. The van der Waals surface area contributed by atoms with Crippen molar-refractivity contribution in [2.45, 2.75) is 12.5 Å². The molecule has 1 amide bonds. The van der Waals surface area contributed by atoms with E-state index >= 15 is 0 Å². The Balaban J connectivity index is 2.24. The first-order valence-electron chi connectivity index (χ1n) is 6.14. The van der Waals surface area contributed by atoms with Crippen molar-refractivity contribution in [3.8, 4) is 0 Å². The van der Waals surface area contributed by atoms with Gasteiger partial charge in [-0.3, -0.25) is 9.78 Å². The molecular weight excluding hydrogens is 320 g/mol. The van der Waals surface area contributed by atoms with Crippen molar-refractivity contribution in [3.63, 3.8) is 0 Å². The summed E-state index contributed by atoms with van der Waals surface area (Å²) in [7, 11) is 0. The molecule has 4 nitrogen and oxygen atoms in total. The maximum atomic E-state index is 12.3. The monoisotopic (exact) mass is 334 g/mol. The maximum Gasteiger partial charge on any atom is 0.253 e. The van der Waals surface area contributed by atoms with Gasteiger partial charge >= 0.3 is 0 Å². The summed E-state index contributed by atoms with van der Waals surface area (Å²) in [5.41, 5.74) is 0.453. The van der Waals surface area contributed by atoms with Crippen LogP contribution in [0.15, 0.2) is 53.3 Å². The third-order valence-electron chi connectivity index (χ3n) is 3.08. The zero-order valence-electron chi connectivity index (χ0n) is 11.0. The van der Waals surface area contributed by atoms with Gasteiger partial charge < -0.3 is 10.4 Å². The highest BCUT2D eigenvalue weighted by atomic mass is 79.9. The molecule has 0 radical (unpaired) electrons. The van der Waals surface area contributed by atoms with Gasteiger partial charge in [-0.15, -0.1) is 0 Å². The summed E-state index contributed by atoms with van der Waals surface area (Å²) in [5, 5.41) is 12.5. The van der Waals surface area contributed by atoms with Gasteiger partial charge in [0.15, 0.2) is 0 Å². The summed E-state index contributed by atoms with van der Waals surface area (Å²) >= 11 is 3.28. The van der Waals surface area contributed by atoms with Crippen molar-refractivity contribution < 1.29 is 9.90 Å². The average molecular weight is 335 g/mol. The molecule has 0 aliphatic heterocycles. The third-order valence-corrected chi connectivity index (χ3v) is 3.52. The van der Waals surface area contributed by atoms with Gasteiger partial charge in [0, 0.05) is 16.9 Å². The average Bonchev–Trinajstić information content (AvgIpc) is 2.48. The van der Waals surface area contributed by atoms with E-state index in [4.69, 9.17) is 0 Å². The van der Waals surface area contributed by atoms with Gasteiger partial charge in [0.05, 0.1) is 17.7 Å². The van der Waals surface area contributed by atoms with Crippen LogP contribution in [0.1, 0.15) is 22.8 Å². The van der Waals surface area contributed by atoms with Gasteiger partial charge in [-0.05, 0) is 34.5 Å². The second-order valence-corrected chi connectivity index (χ2v) is 5.62. The highest BCUT2D eigenvalue weighted by Crippen LogP contribution is 2.21. The zero-order valence-corrected chi connectivity index (χ0v) is 12.6. The summed E-state index contributed by atoms with van der Waals surface area (Å²) in [5.74, 6) is -0.279. The molecule has 0 saturated heterocycles. The van der Waals surface area contributed by atoms with Crippen LogP contribution in [0.5, 0.6) is 0 Å². The number of benzene rings is 1. The number of aliphatic hydroxyl groups excluding tert-OH is 1. The Bertz CT molecular complexity index is 604. The molecule has 1 heterocycles. The predicted octanol–water partition coefficient (Wildman–Crippen LogP) is 2.48. The molecule has 2 N–H and O–H groups in total. The van der Waals surface area contributed by atoms with Crippen LogP contribution in [-0.4, -0.2) is 22.6 Å². The Morgan fingerprint density at radius 2 is 2.05 bits per heavy atom. The molecule has 1 aromatic carbocycles. The predicted molar refractivity (Wildman–Crippen MR) is 80.3 cm³/mol. The van der Waals surface area contributed by atoms with Crippen molar-refractivity contribution >= 4 is 21.8 Å². The number of aromatic nitrogens is 1. The number of carbonyl (C=O) groups excluding carboxylic acids is 1. The molecule has 1 unspecified atom stereocenters. The molecule has 0 bridgehead atoms. The molecule has 1 atom stereocenters. The van der Waals surface area contributed by atoms with Crippen molar-refractivity contribution in [3.05, 3.63) is 64.4 Å². The van der Waals surface area contributed by atoms with E-state index < -0.39 is 5.54 Å². The lowest BCUT2D eigenvalue weighted by Gasteiger charge is -2.29. The third kappa shape index (κ3) is 3.23. The lowest BCUT2D eigenvalue weighted by Crippen LogP contribution is -2.46. The normalized spacial score (nSPS) is 13.6. The second-order valence-electron chi connectivity index (χ2n) is 4.70. The number of carbonyl (C=O) groups is 1. The fourth-order valence-corrected chi connectivity index (χ4v) is 2.23. The quantitative estimate of drug-likeness (QED) is 0.902. The van der Waals surface area contributed by atoms with Crippen LogP contribution >= 0.6 is 15.9 Å². The molecule has 2 rings (SSSR count). The smallest absolute Gasteiger partial charge is 0.253 e. The Hall–Kier alpha value is -1.72. The Kier molecular flexibility index (Phi) is 4.52. The van der Waals surface area contributed by atoms with Crippen LogP contribution in [0, 0.1) is 0 Å². The Morgan fingerprint density at radius 3 is 2.65 bits per heavy atom. The number of aliphatic hydroxyl groups is 1. The first kappa shape index (κ1) is 14.7. The van der Waals surface area contributed by atoms with Crippen LogP contribution < -0.4 is 5.32 Å². The fraction of sp³-hybridized carbons (Fsp3) is 0.200. The minimum absolute atomic E-state index is 0.190. The van der Waals surface area contributed by atoms with E-state index in [0.717, 1.165) is 10.0 Å². The minimum atomic E-state index is -0.833. The molecule has 0 fully saturated rings. The van der Waals surface area contributed by atoms with Crippen molar-refractivity contribution in [1.82, 2.24) is 10.3 Å². The van der Waals surface area contributed by atoms with Gasteiger partial charge in [-0.1, -0.05) is 30.3 Å². The van der Waals surface area contributed by atoms with E-state index in [1.807, 2.05) is 30.3 Å². The SMILES string of the molecule is CC(CO)(NC(=O)c1cncc(Br)c1)c1ccccc1. The number of pyridine rings is 1. The molecule has 1 aromatic heterocycles. The van der Waals surface area contributed by atoms with E-state index in [1.54, 1.807) is 19.2 Å². The summed E-state index contributed by atoms with van der Waals surface area (Å²) in [4.78, 5) is 16.2. The Labute approximate surface area is 126 Å². The van der Waals surface area contributed by atoms with Crippen molar-refractivity contribution in [2.24, 2.45) is 0 Å². The topological polar surface area (TPSA) is 62.2 Å². The summed E-state index contributed by atoms with van der Waals surface area (Å²) in [6.45, 7) is 1.59. The van der Waals surface area contributed by atoms with Gasteiger partial charge in [-0.2, -0.15) is 0 Å². The number of hydrogen-bond acceptors (Lipinski definition) is 3. The van der Waals surface area contributed by atoms with E-state index in [1.165, 1.54) is 6.20 Å². The molecule has 2 aromatic rings. The van der Waals surface area contributed by atoms with Crippen LogP contribution in [0.2, 0.25) is 0 Å². The maximum absolute atomic E-state index is 12.3. The lowest BCUT2D eigenvalue weighted by molar-refractivity contribution is 0.0849. The first-order valence-corrected chi connectivity index (χ1v) is 6.94. The van der Waals surface area contributed by atoms with Gasteiger partial charge in [0.2, 0.25) is 0 Å². The standard InChI is InChI=1S/C15H15BrN2O2/c1-15(10-19,12-5-3-2-4-6-12)18-14(20)11-7-13(16)9-17-8-11/h2-9,19H,10H2,1H3,(H,18,20). The van der Waals surface area contributed by atoms with Gasteiger partial charge in [0.25, 0.3) is 5.91 Å². The van der Waals surface area contributed by atoms with E-state index in [0.29, 0.717) is 5.56 Å². The molecular formula is C15H15BrN2O2. The first-order chi connectivity index (χ1) is 9.55. The lowest BCUT2D eigenvalue weighted by atomic mass is 9.92. The van der Waals surface area contributed by atoms with Crippen molar-refractivity contribution in [2.75, 3.05) is 6.61 Å². The van der Waals surface area contributed by atoms with Crippen LogP contribution in [-0.2, 0) is 5.54 Å². The van der Waals surface area contributed by atoms with E-state index in [9.17, 15) is 9.90 Å². The fourth-order valence-electron chi connectivity index (χ4n) is 1.87. The van der Waals surface area contributed by atoms with Crippen LogP contribution in [0.25, 0.3) is 0 Å². The summed E-state index contributed by atoms with van der Waals surface area (Å²) in [6.07, 6.45) is 3.10. The molecule has 0 aliphatic rings. The molecule has 0 aliphatic carbocycles. The number of nitrogens with one attached hydrogen (secondary N) is 1. The van der Waals surface area contributed by atoms with E-state index in [-0.39, 0.29) is 12.5 Å². The molecule has 0 spiro atoms. The molecule has 5 heteroatoms. The highest BCUT2D eigenvalue weighted by molar-refractivity contribution is 9.10. The Morgan fingerprint density at radius 1 is 1.35 bits per heavy atom. The molecule has 0 saturated carbocycles. The van der Waals surface area contributed by atoms with Crippen molar-refractivity contribution in [1.29, 1.82) is 0 Å². The number of hydrogen-bond donors (Lipinski definition) is 2. The largest absolute Gasteiger partial charge is 0.394 e. The molecule has 20 heavy (non-hydrogen) atoms. The van der Waals surface area contributed by atoms with Gasteiger partial charge in [0.1, 0.15) is 0 Å². The number of halogens is 1.